The molecule has 24 heavy (non-hydrogen) atoms. The summed E-state index contributed by atoms with van der Waals surface area (Å²) >= 11 is 0. The third-order valence-electron chi connectivity index (χ3n) is 4.35. The maximum absolute atomic E-state index is 10.5. The molecule has 1 N–H and O–H groups in total. The van der Waals surface area contributed by atoms with Crippen molar-refractivity contribution in [2.45, 2.75) is 13.0 Å². The summed E-state index contributed by atoms with van der Waals surface area (Å²) in [5.74, 6) is 1.88. The largest absolute Gasteiger partial charge is 0.494 e. The number of aliphatic hydroxyl groups excluding tert-OH is 1. The monoisotopic (exact) mass is 327 g/mol. The van der Waals surface area contributed by atoms with Gasteiger partial charge in [0.25, 0.3) is 0 Å². The Bertz CT molecular complexity index is 610. The number of aliphatic hydroxyl groups is 1. The van der Waals surface area contributed by atoms with E-state index in [0.29, 0.717) is 13.2 Å². The fraction of sp³-hybridized carbons (Fsp3) is 0.421. The molecule has 1 aromatic heterocycles. The van der Waals surface area contributed by atoms with E-state index in [4.69, 9.17) is 4.74 Å². The summed E-state index contributed by atoms with van der Waals surface area (Å²) in [6, 6.07) is 13.7. The quantitative estimate of drug-likeness (QED) is 0.882. The van der Waals surface area contributed by atoms with Gasteiger partial charge in [-0.1, -0.05) is 18.2 Å². The Morgan fingerprint density at radius 2 is 1.83 bits per heavy atom. The highest BCUT2D eigenvalue weighted by atomic mass is 16.5. The van der Waals surface area contributed by atoms with Crippen LogP contribution < -0.4 is 9.64 Å². The molecule has 1 atom stereocenters. The van der Waals surface area contributed by atoms with Crippen LogP contribution in [-0.4, -0.2) is 54.3 Å². The summed E-state index contributed by atoms with van der Waals surface area (Å²) in [7, 11) is 0. The second-order valence-corrected chi connectivity index (χ2v) is 5.99. The van der Waals surface area contributed by atoms with E-state index in [1.165, 1.54) is 0 Å². The average Bonchev–Trinajstić information content (AvgIpc) is 2.64. The molecule has 0 radical (unpaired) electrons. The molecule has 1 aromatic carbocycles. The summed E-state index contributed by atoms with van der Waals surface area (Å²) in [4.78, 5) is 9.00. The minimum absolute atomic E-state index is 0.470. The van der Waals surface area contributed by atoms with Crippen LogP contribution in [0.2, 0.25) is 0 Å². The first kappa shape index (κ1) is 16.7. The SMILES string of the molecule is CCOc1ccc([C@@H](O)CN2CCN(c3ccccn3)CC2)cc1. The molecule has 0 amide bonds. The van der Waals surface area contributed by atoms with Crippen LogP contribution in [0.4, 0.5) is 5.82 Å². The topological polar surface area (TPSA) is 48.8 Å². The highest BCUT2D eigenvalue weighted by Crippen LogP contribution is 2.20. The number of ether oxygens (including phenoxy) is 1. The van der Waals surface area contributed by atoms with Gasteiger partial charge in [-0.25, -0.2) is 4.98 Å². The first-order chi connectivity index (χ1) is 11.8. The maximum atomic E-state index is 10.5. The lowest BCUT2D eigenvalue weighted by Gasteiger charge is -2.36. The van der Waals surface area contributed by atoms with Crippen LogP contribution in [0.15, 0.2) is 48.7 Å². The summed E-state index contributed by atoms with van der Waals surface area (Å²) in [5.41, 5.74) is 0.936. The van der Waals surface area contributed by atoms with Crippen molar-refractivity contribution in [3.05, 3.63) is 54.2 Å². The lowest BCUT2D eigenvalue weighted by atomic mass is 10.1. The first-order valence-electron chi connectivity index (χ1n) is 8.55. The summed E-state index contributed by atoms with van der Waals surface area (Å²) in [5, 5.41) is 10.5. The van der Waals surface area contributed by atoms with Gasteiger partial charge in [-0.2, -0.15) is 0 Å². The lowest BCUT2D eigenvalue weighted by Crippen LogP contribution is -2.47. The van der Waals surface area contributed by atoms with E-state index in [2.05, 4.69) is 14.8 Å². The van der Waals surface area contributed by atoms with Crippen LogP contribution in [0.25, 0.3) is 0 Å². The van der Waals surface area contributed by atoms with Crippen molar-refractivity contribution in [2.75, 3.05) is 44.2 Å². The van der Waals surface area contributed by atoms with Gasteiger partial charge in [0.05, 0.1) is 12.7 Å². The summed E-state index contributed by atoms with van der Waals surface area (Å²) in [6.07, 6.45) is 1.36. The fourth-order valence-corrected chi connectivity index (χ4v) is 3.00. The standard InChI is InChI=1S/C19H25N3O2/c1-2-24-17-8-6-16(7-9-17)18(23)15-21-11-13-22(14-12-21)19-5-3-4-10-20-19/h3-10,18,23H,2,11-15H2,1H3/t18-/m0/s1. The number of anilines is 1. The van der Waals surface area contributed by atoms with Gasteiger partial charge in [0.1, 0.15) is 11.6 Å². The second kappa shape index (κ2) is 8.13. The molecule has 2 heterocycles. The number of nitrogens with zero attached hydrogens (tertiary/aromatic N) is 3. The van der Waals surface area contributed by atoms with Crippen molar-refractivity contribution >= 4 is 5.82 Å². The number of aromatic nitrogens is 1. The predicted octanol–water partition coefficient (Wildman–Crippen LogP) is 2.34. The fourth-order valence-electron chi connectivity index (χ4n) is 3.00. The van der Waals surface area contributed by atoms with Crippen molar-refractivity contribution in [3.63, 3.8) is 0 Å². The minimum Gasteiger partial charge on any atom is -0.494 e. The molecule has 3 rings (SSSR count). The summed E-state index contributed by atoms with van der Waals surface area (Å²) < 4.78 is 5.44. The zero-order chi connectivity index (χ0) is 16.8. The van der Waals surface area contributed by atoms with E-state index in [-0.39, 0.29) is 0 Å². The molecule has 1 saturated heterocycles. The number of β-amino-alcohol motifs (C(OH)–C–C–N with tert-alkyl or cyclic N) is 1. The first-order valence-corrected chi connectivity index (χ1v) is 8.55. The highest BCUT2D eigenvalue weighted by Gasteiger charge is 2.20. The molecule has 1 aliphatic rings. The molecule has 0 saturated carbocycles. The zero-order valence-electron chi connectivity index (χ0n) is 14.1. The molecule has 2 aromatic rings. The van der Waals surface area contributed by atoms with E-state index in [1.807, 2.05) is 55.6 Å². The second-order valence-electron chi connectivity index (χ2n) is 5.99. The Hall–Kier alpha value is -2.11. The van der Waals surface area contributed by atoms with Crippen LogP contribution >= 0.6 is 0 Å². The molecule has 0 bridgehead atoms. The van der Waals surface area contributed by atoms with Crippen LogP contribution in [0.5, 0.6) is 5.75 Å². The number of pyridine rings is 1. The van der Waals surface area contributed by atoms with Crippen molar-refractivity contribution in [3.8, 4) is 5.75 Å². The molecular weight excluding hydrogens is 302 g/mol. The van der Waals surface area contributed by atoms with Gasteiger partial charge in [0.15, 0.2) is 0 Å². The van der Waals surface area contributed by atoms with Gasteiger partial charge in [-0.15, -0.1) is 0 Å². The lowest BCUT2D eigenvalue weighted by molar-refractivity contribution is 0.109. The molecule has 5 heteroatoms. The number of benzene rings is 1. The minimum atomic E-state index is -0.470. The number of hydrogen-bond acceptors (Lipinski definition) is 5. The van der Waals surface area contributed by atoms with E-state index in [0.717, 1.165) is 43.3 Å². The number of rotatable bonds is 6. The van der Waals surface area contributed by atoms with E-state index >= 15 is 0 Å². The van der Waals surface area contributed by atoms with Crippen molar-refractivity contribution in [2.24, 2.45) is 0 Å². The van der Waals surface area contributed by atoms with Gasteiger partial charge < -0.3 is 14.7 Å². The Morgan fingerprint density at radius 1 is 1.08 bits per heavy atom. The van der Waals surface area contributed by atoms with Crippen molar-refractivity contribution in [1.82, 2.24) is 9.88 Å². The molecule has 0 aliphatic carbocycles. The van der Waals surface area contributed by atoms with Gasteiger partial charge >= 0.3 is 0 Å². The smallest absolute Gasteiger partial charge is 0.128 e. The van der Waals surface area contributed by atoms with Crippen LogP contribution in [0.3, 0.4) is 0 Å². The molecule has 0 spiro atoms. The molecular formula is C19H25N3O2. The summed E-state index contributed by atoms with van der Waals surface area (Å²) in [6.45, 7) is 7.02. The van der Waals surface area contributed by atoms with Gasteiger partial charge in [0.2, 0.25) is 0 Å². The molecule has 128 valence electrons. The van der Waals surface area contributed by atoms with E-state index in [1.54, 1.807) is 0 Å². The van der Waals surface area contributed by atoms with Crippen molar-refractivity contribution < 1.29 is 9.84 Å². The predicted molar refractivity (Wildman–Crippen MR) is 95.5 cm³/mol. The third-order valence-corrected chi connectivity index (χ3v) is 4.35. The van der Waals surface area contributed by atoms with Gasteiger partial charge in [-0.3, -0.25) is 4.90 Å². The van der Waals surface area contributed by atoms with Gasteiger partial charge in [0, 0.05) is 38.9 Å². The zero-order valence-corrected chi connectivity index (χ0v) is 14.1. The Labute approximate surface area is 143 Å². The maximum Gasteiger partial charge on any atom is 0.128 e. The van der Waals surface area contributed by atoms with Crippen molar-refractivity contribution in [1.29, 1.82) is 0 Å². The van der Waals surface area contributed by atoms with Crippen LogP contribution in [0.1, 0.15) is 18.6 Å². The van der Waals surface area contributed by atoms with E-state index in [9.17, 15) is 5.11 Å². The molecule has 5 nitrogen and oxygen atoms in total. The number of piperazine rings is 1. The highest BCUT2D eigenvalue weighted by molar-refractivity contribution is 5.38. The Morgan fingerprint density at radius 3 is 2.46 bits per heavy atom. The van der Waals surface area contributed by atoms with E-state index < -0.39 is 6.10 Å². The number of hydrogen-bond donors (Lipinski definition) is 1. The average molecular weight is 327 g/mol. The Kier molecular flexibility index (Phi) is 5.67. The molecule has 1 fully saturated rings. The Balaban J connectivity index is 1.50. The third kappa shape index (κ3) is 4.24. The van der Waals surface area contributed by atoms with Crippen LogP contribution in [-0.2, 0) is 0 Å². The van der Waals surface area contributed by atoms with Gasteiger partial charge in [-0.05, 0) is 36.8 Å². The van der Waals surface area contributed by atoms with Crippen LogP contribution in [0, 0.1) is 0 Å². The molecule has 1 aliphatic heterocycles. The molecule has 0 unspecified atom stereocenters. The normalized spacial score (nSPS) is 16.8.